The molecule has 4 rings (SSSR count). The summed E-state index contributed by atoms with van der Waals surface area (Å²) >= 11 is 0. The average molecular weight is 505 g/mol. The normalized spacial score (nSPS) is 19.3. The molecule has 3 heterocycles. The van der Waals surface area contributed by atoms with Crippen LogP contribution in [-0.2, 0) is 10.0 Å². The van der Waals surface area contributed by atoms with E-state index in [-0.39, 0.29) is 18.1 Å². The van der Waals surface area contributed by atoms with Crippen molar-refractivity contribution in [2.75, 3.05) is 45.5 Å². The smallest absolute Gasteiger partial charge is 0.270 e. The minimum Gasteiger partial charge on any atom is -0.490 e. The summed E-state index contributed by atoms with van der Waals surface area (Å²) in [5.41, 5.74) is 2.74. The Balaban J connectivity index is 1.56. The summed E-state index contributed by atoms with van der Waals surface area (Å²) < 4.78 is 33.7. The number of benzene rings is 1. The molecule has 0 unspecified atom stereocenters. The van der Waals surface area contributed by atoms with Crippen LogP contribution in [0.2, 0.25) is 0 Å². The maximum absolute atomic E-state index is 13.5. The van der Waals surface area contributed by atoms with E-state index in [1.807, 2.05) is 6.07 Å². The predicted octanol–water partition coefficient (Wildman–Crippen LogP) is 3.50. The Morgan fingerprint density at radius 1 is 0.943 bits per heavy atom. The molecule has 2 saturated heterocycles. The van der Waals surface area contributed by atoms with Crippen molar-refractivity contribution in [1.82, 2.24) is 18.7 Å². The Bertz CT molecular complexity index is 1170. The van der Waals surface area contributed by atoms with E-state index >= 15 is 0 Å². The molecule has 0 radical (unpaired) electrons. The van der Waals surface area contributed by atoms with Crippen molar-refractivity contribution in [3.63, 3.8) is 0 Å². The quantitative estimate of drug-likeness (QED) is 0.602. The molecule has 1 aromatic heterocycles. The Labute approximate surface area is 209 Å². The molecule has 0 spiro atoms. The first-order valence-corrected chi connectivity index (χ1v) is 14.6. The van der Waals surface area contributed by atoms with E-state index in [9.17, 15) is 13.2 Å². The highest BCUT2D eigenvalue weighted by molar-refractivity contribution is 7.88. The summed E-state index contributed by atoms with van der Waals surface area (Å²) in [4.78, 5) is 17.8. The zero-order valence-corrected chi connectivity index (χ0v) is 22.8. The number of hydrogen-bond donors (Lipinski definition) is 0. The number of carbonyl (C=O) groups is 1. The second-order valence-corrected chi connectivity index (χ2v) is 12.6. The van der Waals surface area contributed by atoms with Gasteiger partial charge in [-0.2, -0.15) is 4.31 Å². The minimum absolute atomic E-state index is 0.0516. The number of sulfonamides is 1. The predicted molar refractivity (Wildman–Crippen MR) is 140 cm³/mol. The third-order valence-electron chi connectivity index (χ3n) is 7.37. The van der Waals surface area contributed by atoms with Gasteiger partial charge >= 0.3 is 0 Å². The van der Waals surface area contributed by atoms with Crippen molar-refractivity contribution >= 4 is 26.8 Å². The lowest BCUT2D eigenvalue weighted by Gasteiger charge is -2.34. The first-order chi connectivity index (χ1) is 16.5. The van der Waals surface area contributed by atoms with Gasteiger partial charge in [0.25, 0.3) is 5.91 Å². The van der Waals surface area contributed by atoms with Crippen molar-refractivity contribution in [1.29, 1.82) is 0 Å². The van der Waals surface area contributed by atoms with Crippen molar-refractivity contribution < 1.29 is 17.9 Å². The van der Waals surface area contributed by atoms with Crippen LogP contribution >= 0.6 is 0 Å². The van der Waals surface area contributed by atoms with Crippen molar-refractivity contribution in [2.24, 2.45) is 0 Å². The number of ether oxygens (including phenoxy) is 1. The van der Waals surface area contributed by atoms with Gasteiger partial charge in [0.15, 0.2) is 0 Å². The maximum Gasteiger partial charge on any atom is 0.270 e. The third-order valence-corrected chi connectivity index (χ3v) is 8.67. The van der Waals surface area contributed by atoms with Gasteiger partial charge in [-0.05, 0) is 71.2 Å². The van der Waals surface area contributed by atoms with E-state index < -0.39 is 10.0 Å². The van der Waals surface area contributed by atoms with E-state index in [2.05, 4.69) is 56.2 Å². The molecule has 0 N–H and O–H groups in total. The van der Waals surface area contributed by atoms with Gasteiger partial charge in [0.2, 0.25) is 10.0 Å². The Morgan fingerprint density at radius 2 is 1.57 bits per heavy atom. The molecule has 9 heteroatoms. The van der Waals surface area contributed by atoms with Gasteiger partial charge in [-0.25, -0.2) is 8.42 Å². The second-order valence-electron chi connectivity index (χ2n) is 10.6. The zero-order valence-electron chi connectivity index (χ0n) is 22.0. The van der Waals surface area contributed by atoms with Gasteiger partial charge in [-0.1, -0.05) is 0 Å². The molecule has 0 aliphatic carbocycles. The lowest BCUT2D eigenvalue weighted by Crippen LogP contribution is -2.50. The van der Waals surface area contributed by atoms with Crippen LogP contribution in [0.5, 0.6) is 5.75 Å². The molecule has 2 fully saturated rings. The second kappa shape index (κ2) is 10.1. The number of piperidine rings is 1. The van der Waals surface area contributed by atoms with Crippen molar-refractivity contribution in [2.45, 2.75) is 65.6 Å². The van der Waals surface area contributed by atoms with Crippen molar-refractivity contribution in [3.05, 3.63) is 29.5 Å². The van der Waals surface area contributed by atoms with Crippen LogP contribution in [0.3, 0.4) is 0 Å². The highest BCUT2D eigenvalue weighted by Gasteiger charge is 2.29. The number of piperazine rings is 1. The van der Waals surface area contributed by atoms with Crippen LogP contribution in [0.25, 0.3) is 10.9 Å². The summed E-state index contributed by atoms with van der Waals surface area (Å²) in [6, 6.07) is 6.85. The highest BCUT2D eigenvalue weighted by atomic mass is 32.2. The van der Waals surface area contributed by atoms with E-state index in [4.69, 9.17) is 4.74 Å². The lowest BCUT2D eigenvalue weighted by atomic mass is 10.1. The lowest BCUT2D eigenvalue weighted by molar-refractivity contribution is 0.0686. The number of amides is 1. The van der Waals surface area contributed by atoms with Crippen molar-refractivity contribution in [3.8, 4) is 5.75 Å². The number of rotatable bonds is 6. The number of fused-ring (bicyclic) bond motifs is 1. The van der Waals surface area contributed by atoms with Crippen LogP contribution in [0, 0.1) is 6.92 Å². The summed E-state index contributed by atoms with van der Waals surface area (Å²) in [6.45, 7) is 14.3. The fraction of sp³-hybridized carbons (Fsp3) is 0.654. The molecule has 0 atom stereocenters. The van der Waals surface area contributed by atoms with E-state index in [1.165, 1.54) is 10.6 Å². The summed E-state index contributed by atoms with van der Waals surface area (Å²) in [5.74, 6) is 0.839. The summed E-state index contributed by atoms with van der Waals surface area (Å²) in [5, 5.41) is 0.997. The SMILES string of the molecule is Cc1cc2c(cc1OC1CCN(C(C)C)CC1)cc(C(=O)N1CCN(S(C)(=O)=O)CC1)n2C(C)C. The fourth-order valence-electron chi connectivity index (χ4n) is 5.28. The van der Waals surface area contributed by atoms with Crippen LogP contribution < -0.4 is 4.74 Å². The zero-order chi connectivity index (χ0) is 25.5. The van der Waals surface area contributed by atoms with Gasteiger partial charge in [0.05, 0.1) is 6.26 Å². The number of aromatic nitrogens is 1. The molecule has 35 heavy (non-hydrogen) atoms. The van der Waals surface area contributed by atoms with Crippen LogP contribution in [0.1, 0.15) is 62.6 Å². The number of likely N-dealkylation sites (tertiary alicyclic amines) is 1. The Hall–Kier alpha value is -2.10. The number of nitrogens with zero attached hydrogens (tertiary/aromatic N) is 4. The largest absolute Gasteiger partial charge is 0.490 e. The van der Waals surface area contributed by atoms with E-state index in [0.29, 0.717) is 37.9 Å². The average Bonchev–Trinajstić information content (AvgIpc) is 3.17. The van der Waals surface area contributed by atoms with Crippen LogP contribution in [0.4, 0.5) is 0 Å². The van der Waals surface area contributed by atoms with Crippen LogP contribution in [0.15, 0.2) is 18.2 Å². The van der Waals surface area contributed by atoms with Gasteiger partial charge < -0.3 is 19.1 Å². The highest BCUT2D eigenvalue weighted by Crippen LogP contribution is 2.33. The molecule has 1 amide bonds. The molecule has 8 nitrogen and oxygen atoms in total. The third kappa shape index (κ3) is 5.52. The molecule has 194 valence electrons. The van der Waals surface area contributed by atoms with E-state index in [1.54, 1.807) is 4.90 Å². The molecular formula is C26H40N4O4S. The number of aryl methyl sites for hydroxylation is 1. The van der Waals surface area contributed by atoms with Gasteiger partial charge in [-0.3, -0.25) is 4.79 Å². The first-order valence-electron chi connectivity index (χ1n) is 12.8. The molecule has 2 aromatic rings. The molecule has 0 bridgehead atoms. The minimum atomic E-state index is -3.24. The Kier molecular flexibility index (Phi) is 7.50. The summed E-state index contributed by atoms with van der Waals surface area (Å²) in [6.07, 6.45) is 3.47. The Morgan fingerprint density at radius 3 is 2.11 bits per heavy atom. The van der Waals surface area contributed by atoms with E-state index in [0.717, 1.165) is 48.1 Å². The fourth-order valence-corrected chi connectivity index (χ4v) is 6.11. The molecule has 2 aliphatic heterocycles. The molecular weight excluding hydrogens is 464 g/mol. The van der Waals surface area contributed by atoms with Crippen LogP contribution in [-0.4, -0.2) is 90.7 Å². The maximum atomic E-state index is 13.5. The molecule has 1 aromatic carbocycles. The topological polar surface area (TPSA) is 75.1 Å². The molecule has 0 saturated carbocycles. The number of hydrogen-bond acceptors (Lipinski definition) is 5. The van der Waals surface area contributed by atoms with Gasteiger partial charge in [0, 0.05) is 62.3 Å². The molecule has 2 aliphatic rings. The van der Waals surface area contributed by atoms with Gasteiger partial charge in [-0.15, -0.1) is 0 Å². The van der Waals surface area contributed by atoms with Gasteiger partial charge in [0.1, 0.15) is 17.5 Å². The first kappa shape index (κ1) is 26.0. The monoisotopic (exact) mass is 504 g/mol. The summed E-state index contributed by atoms with van der Waals surface area (Å²) in [7, 11) is -3.24. The number of carbonyl (C=O) groups excluding carboxylic acids is 1. The standard InChI is InChI=1S/C26H40N4O4S/c1-18(2)27-9-7-22(8-10-27)34-25-17-21-16-24(30(19(3)4)23(21)15-20(25)5)26(31)28-11-13-29(14-12-28)35(6,32)33/h15-19,22H,7-14H2,1-6H3.